The van der Waals surface area contributed by atoms with E-state index in [-0.39, 0.29) is 5.41 Å². The van der Waals surface area contributed by atoms with Crippen LogP contribution in [-0.4, -0.2) is 4.98 Å². The molecule has 0 aliphatic heterocycles. The molecule has 0 spiro atoms. The SMILES string of the molecule is CC(C)Cc1ccc2cc(-c3ccnc(-c4cc(C(C)(C)C)c5ccccc5c4)c3)sc2c1. The molecule has 0 saturated carbocycles. The zero-order valence-electron chi connectivity index (χ0n) is 20.1. The Hall–Kier alpha value is -2.97. The highest BCUT2D eigenvalue weighted by atomic mass is 32.1. The Morgan fingerprint density at radius 1 is 0.818 bits per heavy atom. The molecule has 0 N–H and O–H groups in total. The van der Waals surface area contributed by atoms with Gasteiger partial charge in [-0.05, 0) is 87.0 Å². The molecule has 0 aliphatic rings. The lowest BCUT2D eigenvalue weighted by atomic mass is 9.82. The van der Waals surface area contributed by atoms with Crippen molar-refractivity contribution in [3.8, 4) is 21.7 Å². The first kappa shape index (κ1) is 21.9. The highest BCUT2D eigenvalue weighted by Crippen LogP contribution is 2.37. The van der Waals surface area contributed by atoms with Gasteiger partial charge < -0.3 is 0 Å². The van der Waals surface area contributed by atoms with Gasteiger partial charge in [0, 0.05) is 21.3 Å². The van der Waals surface area contributed by atoms with E-state index in [0.29, 0.717) is 5.92 Å². The van der Waals surface area contributed by atoms with Gasteiger partial charge in [0.2, 0.25) is 0 Å². The minimum atomic E-state index is 0.0619. The van der Waals surface area contributed by atoms with Gasteiger partial charge in [0.05, 0.1) is 5.69 Å². The van der Waals surface area contributed by atoms with Crippen molar-refractivity contribution < 1.29 is 0 Å². The summed E-state index contributed by atoms with van der Waals surface area (Å²) in [5.41, 5.74) is 6.29. The van der Waals surface area contributed by atoms with Gasteiger partial charge in [-0.1, -0.05) is 71.0 Å². The fourth-order valence-electron chi connectivity index (χ4n) is 4.64. The predicted molar refractivity (Wildman–Crippen MR) is 145 cm³/mol. The summed E-state index contributed by atoms with van der Waals surface area (Å²) >= 11 is 1.88. The van der Waals surface area contributed by atoms with Gasteiger partial charge in [-0.25, -0.2) is 0 Å². The molecule has 0 saturated heterocycles. The maximum absolute atomic E-state index is 4.77. The maximum atomic E-state index is 4.77. The Morgan fingerprint density at radius 2 is 1.64 bits per heavy atom. The third-order valence-corrected chi connectivity index (χ3v) is 7.39. The number of rotatable bonds is 4. The van der Waals surface area contributed by atoms with Crippen LogP contribution in [0.1, 0.15) is 45.7 Å². The number of hydrogen-bond donors (Lipinski definition) is 0. The van der Waals surface area contributed by atoms with E-state index in [4.69, 9.17) is 4.98 Å². The molecule has 3 aromatic carbocycles. The van der Waals surface area contributed by atoms with E-state index in [1.807, 2.05) is 17.5 Å². The number of benzene rings is 3. The summed E-state index contributed by atoms with van der Waals surface area (Å²) in [7, 11) is 0. The summed E-state index contributed by atoms with van der Waals surface area (Å²) in [5, 5.41) is 3.92. The third-order valence-electron chi connectivity index (χ3n) is 6.24. The molecule has 0 fully saturated rings. The van der Waals surface area contributed by atoms with Gasteiger partial charge in [-0.2, -0.15) is 0 Å². The van der Waals surface area contributed by atoms with Crippen LogP contribution in [0.3, 0.4) is 0 Å². The highest BCUT2D eigenvalue weighted by molar-refractivity contribution is 7.22. The smallest absolute Gasteiger partial charge is 0.0708 e. The van der Waals surface area contributed by atoms with Gasteiger partial charge in [0.25, 0.3) is 0 Å². The quantitative estimate of drug-likeness (QED) is 0.266. The molecule has 166 valence electrons. The van der Waals surface area contributed by atoms with Crippen LogP contribution in [0.2, 0.25) is 0 Å². The van der Waals surface area contributed by atoms with E-state index in [0.717, 1.165) is 12.1 Å². The topological polar surface area (TPSA) is 12.9 Å². The van der Waals surface area contributed by atoms with Crippen molar-refractivity contribution in [2.24, 2.45) is 5.92 Å². The lowest BCUT2D eigenvalue weighted by Crippen LogP contribution is -2.12. The van der Waals surface area contributed by atoms with E-state index in [2.05, 4.69) is 107 Å². The van der Waals surface area contributed by atoms with Gasteiger partial charge in [-0.15, -0.1) is 11.3 Å². The van der Waals surface area contributed by atoms with Crippen LogP contribution in [-0.2, 0) is 11.8 Å². The molecule has 0 radical (unpaired) electrons. The zero-order chi connectivity index (χ0) is 23.2. The summed E-state index contributed by atoms with van der Waals surface area (Å²) in [6, 6.07) is 26.9. The molecule has 2 aromatic heterocycles. The monoisotopic (exact) mass is 449 g/mol. The van der Waals surface area contributed by atoms with Crippen LogP contribution in [0.5, 0.6) is 0 Å². The van der Waals surface area contributed by atoms with Crippen molar-refractivity contribution in [3.05, 3.63) is 90.1 Å². The number of thiophene rings is 1. The van der Waals surface area contributed by atoms with Crippen molar-refractivity contribution in [3.63, 3.8) is 0 Å². The van der Waals surface area contributed by atoms with E-state index in [1.165, 1.54) is 48.0 Å². The first-order valence-corrected chi connectivity index (χ1v) is 12.6. The van der Waals surface area contributed by atoms with Gasteiger partial charge in [0.1, 0.15) is 0 Å². The Balaban J connectivity index is 1.58. The summed E-state index contributed by atoms with van der Waals surface area (Å²) in [6.07, 6.45) is 3.08. The maximum Gasteiger partial charge on any atom is 0.0708 e. The molecule has 0 atom stereocenters. The molecular weight excluding hydrogens is 418 g/mol. The second-order valence-electron chi connectivity index (χ2n) is 10.5. The van der Waals surface area contributed by atoms with E-state index in [9.17, 15) is 0 Å². The summed E-state index contributed by atoms with van der Waals surface area (Å²) in [6.45, 7) is 11.4. The van der Waals surface area contributed by atoms with Crippen LogP contribution < -0.4 is 0 Å². The Bertz CT molecular complexity index is 1450. The molecule has 2 heteroatoms. The fraction of sp³-hybridized carbons (Fsp3) is 0.258. The van der Waals surface area contributed by atoms with Crippen molar-refractivity contribution in [1.29, 1.82) is 0 Å². The molecule has 5 rings (SSSR count). The fourth-order valence-corrected chi connectivity index (χ4v) is 5.76. The molecule has 2 heterocycles. The molecule has 5 aromatic rings. The molecule has 33 heavy (non-hydrogen) atoms. The third kappa shape index (κ3) is 4.45. The Morgan fingerprint density at radius 3 is 2.42 bits per heavy atom. The molecule has 1 nitrogen and oxygen atoms in total. The predicted octanol–water partition coefficient (Wildman–Crippen LogP) is 9.28. The minimum absolute atomic E-state index is 0.0619. The molecular formula is C31H31NS. The Kier molecular flexibility index (Phi) is 5.58. The minimum Gasteiger partial charge on any atom is -0.256 e. The van der Waals surface area contributed by atoms with Gasteiger partial charge in [0.15, 0.2) is 0 Å². The molecule has 0 unspecified atom stereocenters. The van der Waals surface area contributed by atoms with Crippen molar-refractivity contribution in [1.82, 2.24) is 4.98 Å². The van der Waals surface area contributed by atoms with Crippen LogP contribution in [0.15, 0.2) is 79.0 Å². The summed E-state index contributed by atoms with van der Waals surface area (Å²) < 4.78 is 1.36. The number of hydrogen-bond acceptors (Lipinski definition) is 2. The van der Waals surface area contributed by atoms with Crippen LogP contribution in [0, 0.1) is 5.92 Å². The molecule has 0 bridgehead atoms. The van der Waals surface area contributed by atoms with Crippen molar-refractivity contribution in [2.75, 3.05) is 0 Å². The van der Waals surface area contributed by atoms with E-state index < -0.39 is 0 Å². The number of fused-ring (bicyclic) bond motifs is 2. The second-order valence-corrected chi connectivity index (χ2v) is 11.6. The average molecular weight is 450 g/mol. The average Bonchev–Trinajstić information content (AvgIpc) is 3.21. The number of pyridine rings is 1. The first-order chi connectivity index (χ1) is 15.8. The lowest BCUT2D eigenvalue weighted by molar-refractivity contribution is 0.596. The summed E-state index contributed by atoms with van der Waals surface area (Å²) in [5.74, 6) is 0.671. The van der Waals surface area contributed by atoms with Crippen LogP contribution in [0.4, 0.5) is 0 Å². The number of nitrogens with zero attached hydrogens (tertiary/aromatic N) is 1. The van der Waals surface area contributed by atoms with E-state index >= 15 is 0 Å². The highest BCUT2D eigenvalue weighted by Gasteiger charge is 2.19. The van der Waals surface area contributed by atoms with Crippen LogP contribution >= 0.6 is 11.3 Å². The normalized spacial score (nSPS) is 12.2. The summed E-state index contributed by atoms with van der Waals surface area (Å²) in [4.78, 5) is 6.07. The lowest BCUT2D eigenvalue weighted by Gasteiger charge is -2.22. The largest absolute Gasteiger partial charge is 0.256 e. The Labute approximate surface area is 201 Å². The van der Waals surface area contributed by atoms with Crippen molar-refractivity contribution in [2.45, 2.75) is 46.5 Å². The second kappa shape index (κ2) is 8.43. The van der Waals surface area contributed by atoms with Crippen molar-refractivity contribution >= 4 is 32.2 Å². The molecule has 0 amide bonds. The standard InChI is InChI=1S/C31H31NS/c1-20(2)14-21-10-11-23-19-30(33-29(23)15-21)24-12-13-32-28(18-24)25-16-22-8-6-7-9-26(22)27(17-25)31(3,4)5/h6-13,15-20H,14H2,1-5H3. The van der Waals surface area contributed by atoms with Gasteiger partial charge in [-0.3, -0.25) is 4.98 Å². The molecule has 0 aliphatic carbocycles. The number of aromatic nitrogens is 1. The zero-order valence-corrected chi connectivity index (χ0v) is 21.0. The first-order valence-electron chi connectivity index (χ1n) is 11.8. The van der Waals surface area contributed by atoms with E-state index in [1.54, 1.807) is 0 Å². The van der Waals surface area contributed by atoms with Gasteiger partial charge >= 0.3 is 0 Å². The van der Waals surface area contributed by atoms with Crippen LogP contribution in [0.25, 0.3) is 42.6 Å².